The zero-order valence-electron chi connectivity index (χ0n) is 6.70. The summed E-state index contributed by atoms with van der Waals surface area (Å²) in [4.78, 5) is 2.95. The van der Waals surface area contributed by atoms with Crippen LogP contribution in [0.5, 0.6) is 0 Å². The molecule has 1 aliphatic rings. The molecule has 4 N–H and O–H groups in total. The highest BCUT2D eigenvalue weighted by atomic mass is 35.5. The van der Waals surface area contributed by atoms with Crippen LogP contribution in [0.4, 0.5) is 5.69 Å². The fourth-order valence-corrected chi connectivity index (χ4v) is 1.66. The third-order valence-electron chi connectivity index (χ3n) is 1.92. The Bertz CT molecular complexity index is 387. The van der Waals surface area contributed by atoms with E-state index in [1.54, 1.807) is 6.07 Å². The van der Waals surface area contributed by atoms with Gasteiger partial charge in [-0.05, 0) is 12.1 Å². The van der Waals surface area contributed by atoms with Gasteiger partial charge in [-0.3, -0.25) is 10.7 Å². The lowest BCUT2D eigenvalue weighted by atomic mass is 10.1. The highest BCUT2D eigenvalue weighted by Gasteiger charge is 2.18. The Labute approximate surface area is 85.5 Å². The highest BCUT2D eigenvalue weighted by molar-refractivity contribution is 6.42. The number of nitrogens with two attached hydrogens (primary N) is 1. The van der Waals surface area contributed by atoms with Crippen LogP contribution >= 0.6 is 23.2 Å². The minimum atomic E-state index is 0.533. The highest BCUT2D eigenvalue weighted by Crippen LogP contribution is 2.31. The molecule has 0 aliphatic carbocycles. The van der Waals surface area contributed by atoms with Gasteiger partial charge in [-0.15, -0.1) is 0 Å². The normalized spacial score (nSPS) is 14.5. The van der Waals surface area contributed by atoms with Gasteiger partial charge in [0.1, 0.15) is 5.69 Å². The lowest BCUT2D eigenvalue weighted by Crippen LogP contribution is -2.77. The Morgan fingerprint density at radius 1 is 1.38 bits per heavy atom. The molecule has 0 radical (unpaired) electrons. The van der Waals surface area contributed by atoms with Crippen LogP contribution in [-0.2, 0) is 6.54 Å². The van der Waals surface area contributed by atoms with Crippen LogP contribution in [-0.4, -0.2) is 5.96 Å². The molecule has 13 heavy (non-hydrogen) atoms. The first kappa shape index (κ1) is 8.66. The van der Waals surface area contributed by atoms with E-state index in [9.17, 15) is 0 Å². The van der Waals surface area contributed by atoms with E-state index in [-0.39, 0.29) is 0 Å². The van der Waals surface area contributed by atoms with E-state index in [1.165, 1.54) is 0 Å². The van der Waals surface area contributed by atoms with Gasteiger partial charge in [0.2, 0.25) is 0 Å². The maximum Gasteiger partial charge on any atom is 0.346 e. The topological polar surface area (TPSA) is 52.0 Å². The smallest absolute Gasteiger partial charge is 0.291 e. The van der Waals surface area contributed by atoms with E-state index >= 15 is 0 Å². The molecule has 0 saturated carbocycles. The van der Waals surface area contributed by atoms with Gasteiger partial charge in [0, 0.05) is 5.56 Å². The SMILES string of the molecule is NC1=[NH+]Cc2c(ccc(Cl)c2Cl)N1. The van der Waals surface area contributed by atoms with Crippen molar-refractivity contribution in [2.45, 2.75) is 6.54 Å². The predicted octanol–water partition coefficient (Wildman–Crippen LogP) is 0.314. The maximum absolute atomic E-state index is 6.00. The third-order valence-corrected chi connectivity index (χ3v) is 2.76. The van der Waals surface area contributed by atoms with Gasteiger partial charge in [0.25, 0.3) is 0 Å². The zero-order valence-corrected chi connectivity index (χ0v) is 8.21. The second kappa shape index (κ2) is 3.09. The van der Waals surface area contributed by atoms with Crippen LogP contribution in [0.25, 0.3) is 0 Å². The monoisotopic (exact) mass is 216 g/mol. The Balaban J connectivity index is 2.53. The van der Waals surface area contributed by atoms with Crippen molar-refractivity contribution in [1.29, 1.82) is 0 Å². The molecule has 0 amide bonds. The van der Waals surface area contributed by atoms with Crippen molar-refractivity contribution >= 4 is 34.8 Å². The molecule has 0 fully saturated rings. The van der Waals surface area contributed by atoms with Gasteiger partial charge in [-0.1, -0.05) is 23.2 Å². The number of fused-ring (bicyclic) bond motifs is 1. The van der Waals surface area contributed by atoms with Crippen molar-refractivity contribution in [3.63, 3.8) is 0 Å². The minimum Gasteiger partial charge on any atom is -0.291 e. The molecule has 2 rings (SSSR count). The molecule has 1 aromatic rings. The molecule has 1 aromatic carbocycles. The number of hydrogen-bond donors (Lipinski definition) is 3. The number of nitrogens with one attached hydrogen (secondary N) is 2. The van der Waals surface area contributed by atoms with Crippen molar-refractivity contribution in [2.75, 3.05) is 5.32 Å². The first-order valence-corrected chi connectivity index (χ1v) is 4.54. The molecule has 0 bridgehead atoms. The number of rotatable bonds is 0. The molecular formula is C8H8Cl2N3+. The molecule has 0 spiro atoms. The Morgan fingerprint density at radius 3 is 2.92 bits per heavy atom. The first-order valence-electron chi connectivity index (χ1n) is 3.78. The second-order valence-electron chi connectivity index (χ2n) is 2.78. The molecular weight excluding hydrogens is 209 g/mol. The van der Waals surface area contributed by atoms with E-state index < -0.39 is 0 Å². The van der Waals surface area contributed by atoms with Crippen LogP contribution in [0.2, 0.25) is 10.0 Å². The number of anilines is 1. The summed E-state index contributed by atoms with van der Waals surface area (Å²) >= 11 is 11.9. The number of guanidine groups is 1. The fraction of sp³-hybridized carbons (Fsp3) is 0.125. The summed E-state index contributed by atoms with van der Waals surface area (Å²) in [6.07, 6.45) is 0. The van der Waals surface area contributed by atoms with Crippen LogP contribution in [0.3, 0.4) is 0 Å². The number of benzene rings is 1. The second-order valence-corrected chi connectivity index (χ2v) is 3.56. The molecule has 0 atom stereocenters. The van der Waals surface area contributed by atoms with Crippen molar-refractivity contribution < 1.29 is 4.99 Å². The molecule has 5 heteroatoms. The summed E-state index contributed by atoms with van der Waals surface area (Å²) in [5, 5.41) is 4.10. The van der Waals surface area contributed by atoms with Gasteiger partial charge >= 0.3 is 5.96 Å². The predicted molar refractivity (Wildman–Crippen MR) is 53.9 cm³/mol. The summed E-state index contributed by atoms with van der Waals surface area (Å²) in [6.45, 7) is 0.605. The van der Waals surface area contributed by atoms with Crippen LogP contribution < -0.4 is 16.0 Å². The number of hydrogen-bond acceptors (Lipinski definition) is 2. The Morgan fingerprint density at radius 2 is 2.15 bits per heavy atom. The van der Waals surface area contributed by atoms with Crippen LogP contribution in [0.1, 0.15) is 5.56 Å². The molecule has 0 aromatic heterocycles. The standard InChI is InChI=1S/C8H7Cl2N3/c9-5-1-2-6-4(7(5)10)3-12-8(11)13-6/h1-2H,3H2,(H3,11,12,13)/p+1. The van der Waals surface area contributed by atoms with Crippen molar-refractivity contribution in [3.05, 3.63) is 27.7 Å². The summed E-state index contributed by atoms with van der Waals surface area (Å²) in [7, 11) is 0. The summed E-state index contributed by atoms with van der Waals surface area (Å²) < 4.78 is 0. The summed E-state index contributed by atoms with van der Waals surface area (Å²) in [6, 6.07) is 3.60. The molecule has 1 heterocycles. The van der Waals surface area contributed by atoms with E-state index in [0.29, 0.717) is 22.5 Å². The Hall–Kier alpha value is -0.930. The largest absolute Gasteiger partial charge is 0.346 e. The lowest BCUT2D eigenvalue weighted by molar-refractivity contribution is -0.477. The quantitative estimate of drug-likeness (QED) is 0.586. The van der Waals surface area contributed by atoms with Gasteiger partial charge in [0.15, 0.2) is 0 Å². The molecule has 68 valence electrons. The molecule has 0 saturated heterocycles. The van der Waals surface area contributed by atoms with Crippen LogP contribution in [0, 0.1) is 0 Å². The minimum absolute atomic E-state index is 0.533. The maximum atomic E-state index is 6.00. The van der Waals surface area contributed by atoms with Crippen molar-refractivity contribution in [1.82, 2.24) is 0 Å². The molecule has 3 nitrogen and oxygen atoms in total. The average Bonchev–Trinajstić information content (AvgIpc) is 2.12. The first-order chi connectivity index (χ1) is 6.18. The molecule has 0 unspecified atom stereocenters. The van der Waals surface area contributed by atoms with E-state index in [4.69, 9.17) is 28.9 Å². The van der Waals surface area contributed by atoms with E-state index in [2.05, 4.69) is 10.3 Å². The van der Waals surface area contributed by atoms with E-state index in [0.717, 1.165) is 11.3 Å². The van der Waals surface area contributed by atoms with Gasteiger partial charge < -0.3 is 0 Å². The summed E-state index contributed by atoms with van der Waals surface area (Å²) in [5.74, 6) is 0.533. The average molecular weight is 217 g/mol. The van der Waals surface area contributed by atoms with Crippen LogP contribution in [0.15, 0.2) is 12.1 Å². The van der Waals surface area contributed by atoms with Gasteiger partial charge in [0.05, 0.1) is 16.6 Å². The van der Waals surface area contributed by atoms with Crippen molar-refractivity contribution in [2.24, 2.45) is 5.73 Å². The Kier molecular flexibility index (Phi) is 2.06. The molecule has 1 aliphatic heterocycles. The van der Waals surface area contributed by atoms with Gasteiger partial charge in [-0.25, -0.2) is 5.32 Å². The van der Waals surface area contributed by atoms with Gasteiger partial charge in [-0.2, -0.15) is 0 Å². The fourth-order valence-electron chi connectivity index (χ4n) is 1.26. The lowest BCUT2D eigenvalue weighted by Gasteiger charge is -2.12. The van der Waals surface area contributed by atoms with E-state index in [1.807, 2.05) is 6.07 Å². The zero-order chi connectivity index (χ0) is 9.42. The third kappa shape index (κ3) is 1.45. The van der Waals surface area contributed by atoms with Crippen molar-refractivity contribution in [3.8, 4) is 0 Å². The number of halogens is 2. The summed E-state index contributed by atoms with van der Waals surface area (Å²) in [5.41, 5.74) is 7.41.